The van der Waals surface area contributed by atoms with E-state index in [4.69, 9.17) is 0 Å². The highest BCUT2D eigenvalue weighted by Crippen LogP contribution is 2.19. The summed E-state index contributed by atoms with van der Waals surface area (Å²) in [6.07, 6.45) is 0.580. The van der Waals surface area contributed by atoms with Crippen molar-refractivity contribution >= 4 is 23.4 Å². The lowest BCUT2D eigenvalue weighted by Gasteiger charge is -2.25. The van der Waals surface area contributed by atoms with E-state index in [1.54, 1.807) is 4.90 Å². The van der Waals surface area contributed by atoms with Crippen molar-refractivity contribution in [3.8, 4) is 0 Å². The van der Waals surface area contributed by atoms with Crippen LogP contribution in [0.2, 0.25) is 0 Å². The van der Waals surface area contributed by atoms with Gasteiger partial charge in [-0.2, -0.15) is 11.8 Å². The van der Waals surface area contributed by atoms with E-state index in [0.29, 0.717) is 12.5 Å². The summed E-state index contributed by atoms with van der Waals surface area (Å²) < 4.78 is 0. The minimum absolute atomic E-state index is 0.185. The van der Waals surface area contributed by atoms with E-state index in [2.05, 4.69) is 37.4 Å². The highest BCUT2D eigenvalue weighted by molar-refractivity contribution is 7.99. The molecule has 1 fully saturated rings. The third kappa shape index (κ3) is 3.98. The van der Waals surface area contributed by atoms with Gasteiger partial charge in [0.15, 0.2) is 0 Å². The van der Waals surface area contributed by atoms with Crippen LogP contribution in [-0.4, -0.2) is 37.0 Å². The first-order valence-corrected chi connectivity index (χ1v) is 7.87. The summed E-state index contributed by atoms with van der Waals surface area (Å²) >= 11 is 1.92. The molecule has 1 heterocycles. The molecule has 0 aliphatic carbocycles. The molecule has 1 saturated heterocycles. The maximum atomic E-state index is 12.3. The van der Waals surface area contributed by atoms with Gasteiger partial charge < -0.3 is 10.2 Å². The number of thioether (sulfide) groups is 1. The van der Waals surface area contributed by atoms with Crippen molar-refractivity contribution in [3.63, 3.8) is 0 Å². The Balaban J connectivity index is 2.01. The zero-order chi connectivity index (χ0) is 13.8. The number of benzene rings is 1. The predicted molar refractivity (Wildman–Crippen MR) is 83.1 cm³/mol. The van der Waals surface area contributed by atoms with Crippen LogP contribution in [0, 0.1) is 13.8 Å². The van der Waals surface area contributed by atoms with E-state index in [-0.39, 0.29) is 5.91 Å². The number of hydrogen-bond donors (Lipinski definition) is 1. The molecule has 0 aromatic heterocycles. The lowest BCUT2D eigenvalue weighted by atomic mass is 10.1. The number of anilines is 1. The molecule has 0 spiro atoms. The highest BCUT2D eigenvalue weighted by Gasteiger charge is 2.19. The van der Waals surface area contributed by atoms with Gasteiger partial charge in [-0.05, 0) is 37.1 Å². The quantitative estimate of drug-likeness (QED) is 0.921. The van der Waals surface area contributed by atoms with E-state index in [1.807, 2.05) is 18.8 Å². The van der Waals surface area contributed by atoms with Gasteiger partial charge in [-0.3, -0.25) is 4.79 Å². The topological polar surface area (TPSA) is 32.3 Å². The third-order valence-corrected chi connectivity index (χ3v) is 4.52. The molecule has 0 saturated carbocycles. The molecule has 0 radical (unpaired) electrons. The van der Waals surface area contributed by atoms with Crippen molar-refractivity contribution in [3.05, 3.63) is 29.3 Å². The Hall–Kier alpha value is -1.00. The van der Waals surface area contributed by atoms with Gasteiger partial charge in [0.25, 0.3) is 0 Å². The smallest absolute Gasteiger partial charge is 0.228 e. The fourth-order valence-corrected chi connectivity index (χ4v) is 3.34. The number of nitrogens with one attached hydrogen (secondary N) is 1. The molecule has 1 aliphatic rings. The Kier molecular flexibility index (Phi) is 4.88. The van der Waals surface area contributed by atoms with Crippen molar-refractivity contribution in [1.82, 2.24) is 5.32 Å². The van der Waals surface area contributed by atoms with E-state index >= 15 is 0 Å². The molecule has 19 heavy (non-hydrogen) atoms. The van der Waals surface area contributed by atoms with Gasteiger partial charge in [0.2, 0.25) is 5.91 Å². The molecule has 1 aromatic carbocycles. The standard InChI is InChI=1S/C15H22N2OS/c1-11-6-12(2)8-14(7-11)17(3)15(18)9-13-10-19-5-4-16-13/h6-8,13,16H,4-5,9-10H2,1-3H3. The third-order valence-electron chi connectivity index (χ3n) is 3.39. The number of aryl methyl sites for hydroxylation is 2. The molecule has 0 bridgehead atoms. The van der Waals surface area contributed by atoms with Crippen LogP contribution in [0.25, 0.3) is 0 Å². The maximum absolute atomic E-state index is 12.3. The number of amides is 1. The number of carbonyl (C=O) groups is 1. The summed E-state index contributed by atoms with van der Waals surface area (Å²) in [5.41, 5.74) is 3.38. The van der Waals surface area contributed by atoms with Crippen LogP contribution in [0.4, 0.5) is 5.69 Å². The summed E-state index contributed by atoms with van der Waals surface area (Å²) in [7, 11) is 1.87. The highest BCUT2D eigenvalue weighted by atomic mass is 32.2. The lowest BCUT2D eigenvalue weighted by Crippen LogP contribution is -2.41. The van der Waals surface area contributed by atoms with Gasteiger partial charge >= 0.3 is 0 Å². The number of rotatable bonds is 3. The fraction of sp³-hybridized carbons (Fsp3) is 0.533. The van der Waals surface area contributed by atoms with Crippen LogP contribution < -0.4 is 10.2 Å². The molecule has 1 amide bonds. The van der Waals surface area contributed by atoms with Gasteiger partial charge in [0, 0.05) is 43.2 Å². The van der Waals surface area contributed by atoms with Gasteiger partial charge in [0.05, 0.1) is 0 Å². The first-order valence-electron chi connectivity index (χ1n) is 6.72. The minimum Gasteiger partial charge on any atom is -0.315 e. The zero-order valence-electron chi connectivity index (χ0n) is 11.9. The normalized spacial score (nSPS) is 19.2. The second-order valence-corrected chi connectivity index (χ2v) is 6.38. The monoisotopic (exact) mass is 278 g/mol. The van der Waals surface area contributed by atoms with Gasteiger partial charge in [-0.15, -0.1) is 0 Å². The second kappa shape index (κ2) is 6.44. The molecule has 1 N–H and O–H groups in total. The van der Waals surface area contributed by atoms with Crippen molar-refractivity contribution in [2.24, 2.45) is 0 Å². The van der Waals surface area contributed by atoms with Crippen molar-refractivity contribution in [2.45, 2.75) is 26.3 Å². The number of hydrogen-bond acceptors (Lipinski definition) is 3. The van der Waals surface area contributed by atoms with E-state index in [9.17, 15) is 4.79 Å². The van der Waals surface area contributed by atoms with E-state index < -0.39 is 0 Å². The molecule has 1 aliphatic heterocycles. The number of carbonyl (C=O) groups excluding carboxylic acids is 1. The molecular weight excluding hydrogens is 256 g/mol. The molecular formula is C15H22N2OS. The summed E-state index contributed by atoms with van der Waals surface area (Å²) in [6, 6.07) is 6.57. The van der Waals surface area contributed by atoms with Crippen molar-refractivity contribution in [2.75, 3.05) is 30.0 Å². The number of nitrogens with zero attached hydrogens (tertiary/aromatic N) is 1. The maximum Gasteiger partial charge on any atom is 0.228 e. The first kappa shape index (κ1) is 14.4. The van der Waals surface area contributed by atoms with Crippen LogP contribution >= 0.6 is 11.8 Å². The zero-order valence-corrected chi connectivity index (χ0v) is 12.7. The second-order valence-electron chi connectivity index (χ2n) is 5.23. The average Bonchev–Trinajstić information content (AvgIpc) is 2.37. The molecule has 4 heteroatoms. The molecule has 104 valence electrons. The SMILES string of the molecule is Cc1cc(C)cc(N(C)C(=O)CC2CSCCN2)c1. The lowest BCUT2D eigenvalue weighted by molar-refractivity contribution is -0.118. The Bertz CT molecular complexity index is 435. The summed E-state index contributed by atoms with van der Waals surface area (Å²) in [5, 5.41) is 3.41. The Morgan fingerprint density at radius 1 is 1.37 bits per heavy atom. The summed E-state index contributed by atoms with van der Waals surface area (Å²) in [5.74, 6) is 2.37. The molecule has 3 nitrogen and oxygen atoms in total. The molecule has 1 atom stereocenters. The summed E-state index contributed by atoms with van der Waals surface area (Å²) in [4.78, 5) is 14.1. The Morgan fingerprint density at radius 2 is 2.05 bits per heavy atom. The fourth-order valence-electron chi connectivity index (χ4n) is 2.39. The average molecular weight is 278 g/mol. The van der Waals surface area contributed by atoms with Crippen LogP contribution in [0.15, 0.2) is 18.2 Å². The molecule has 1 aromatic rings. The Labute approximate surface area is 119 Å². The van der Waals surface area contributed by atoms with Gasteiger partial charge in [0.1, 0.15) is 0 Å². The Morgan fingerprint density at radius 3 is 2.63 bits per heavy atom. The van der Waals surface area contributed by atoms with Crippen LogP contribution in [0.1, 0.15) is 17.5 Å². The first-order chi connectivity index (χ1) is 9.06. The van der Waals surface area contributed by atoms with Crippen LogP contribution in [-0.2, 0) is 4.79 Å². The van der Waals surface area contributed by atoms with Gasteiger partial charge in [-0.25, -0.2) is 0 Å². The van der Waals surface area contributed by atoms with Crippen molar-refractivity contribution in [1.29, 1.82) is 0 Å². The predicted octanol–water partition coefficient (Wildman–Crippen LogP) is 2.36. The largest absolute Gasteiger partial charge is 0.315 e. The van der Waals surface area contributed by atoms with Gasteiger partial charge in [-0.1, -0.05) is 6.07 Å². The molecule has 1 unspecified atom stereocenters. The van der Waals surface area contributed by atoms with Crippen LogP contribution in [0.5, 0.6) is 0 Å². The summed E-state index contributed by atoms with van der Waals surface area (Å²) in [6.45, 7) is 5.14. The molecule has 2 rings (SSSR count). The van der Waals surface area contributed by atoms with E-state index in [1.165, 1.54) is 11.1 Å². The van der Waals surface area contributed by atoms with Crippen LogP contribution in [0.3, 0.4) is 0 Å². The van der Waals surface area contributed by atoms with Crippen molar-refractivity contribution < 1.29 is 4.79 Å². The minimum atomic E-state index is 0.185. The van der Waals surface area contributed by atoms with E-state index in [0.717, 1.165) is 23.7 Å².